The van der Waals surface area contributed by atoms with Crippen molar-refractivity contribution in [3.05, 3.63) is 131 Å². The highest BCUT2D eigenvalue weighted by atomic mass is 16.7. The molecule has 0 aromatic heterocycles. The highest BCUT2D eigenvalue weighted by Crippen LogP contribution is 2.30. The monoisotopic (exact) mass is 526 g/mol. The van der Waals surface area contributed by atoms with E-state index < -0.39 is 12.1 Å². The zero-order chi connectivity index (χ0) is 27.5. The number of para-hydroxylation sites is 2. The molecule has 0 spiro atoms. The maximum Gasteiger partial charge on any atom is 0.339 e. The minimum Gasteiger partial charge on any atom is -0.457 e. The number of hydrogen-bond acceptors (Lipinski definition) is 5. The number of hydroxylamine groups is 4. The van der Waals surface area contributed by atoms with Crippen molar-refractivity contribution in [3.63, 3.8) is 0 Å². The van der Waals surface area contributed by atoms with Gasteiger partial charge in [0, 0.05) is 11.1 Å². The van der Waals surface area contributed by atoms with E-state index in [4.69, 9.17) is 25.9 Å². The van der Waals surface area contributed by atoms with Crippen LogP contribution in [0.3, 0.4) is 0 Å². The highest BCUT2D eigenvalue weighted by Gasteiger charge is 2.18. The van der Waals surface area contributed by atoms with Crippen LogP contribution < -0.4 is 16.2 Å². The van der Waals surface area contributed by atoms with E-state index in [0.717, 1.165) is 21.3 Å². The SMILES string of the molecule is NC(=O)N(Cc1ccccc1Oc1ccccc1CN(OCc1ccccc1)C(N)=O)OCc1ccccc1. The molecule has 0 saturated heterocycles. The van der Waals surface area contributed by atoms with E-state index in [0.29, 0.717) is 22.6 Å². The van der Waals surface area contributed by atoms with Gasteiger partial charge < -0.3 is 16.2 Å². The molecule has 4 aromatic carbocycles. The summed E-state index contributed by atoms with van der Waals surface area (Å²) < 4.78 is 6.26. The summed E-state index contributed by atoms with van der Waals surface area (Å²) >= 11 is 0. The van der Waals surface area contributed by atoms with E-state index in [-0.39, 0.29) is 26.3 Å². The molecule has 0 saturated carbocycles. The molecule has 4 rings (SSSR count). The molecule has 0 aliphatic heterocycles. The molecule has 9 heteroatoms. The molecule has 4 aromatic rings. The first-order valence-corrected chi connectivity index (χ1v) is 12.3. The number of carbonyl (C=O) groups is 2. The van der Waals surface area contributed by atoms with Crippen LogP contribution in [0.2, 0.25) is 0 Å². The van der Waals surface area contributed by atoms with Crippen LogP contribution >= 0.6 is 0 Å². The summed E-state index contributed by atoms with van der Waals surface area (Å²) in [7, 11) is 0. The number of nitrogens with zero attached hydrogens (tertiary/aromatic N) is 2. The molecule has 0 radical (unpaired) electrons. The molecule has 0 fully saturated rings. The number of carbonyl (C=O) groups excluding carboxylic acids is 2. The van der Waals surface area contributed by atoms with Crippen LogP contribution in [0.1, 0.15) is 22.3 Å². The zero-order valence-electron chi connectivity index (χ0n) is 21.3. The molecule has 0 atom stereocenters. The third kappa shape index (κ3) is 8.06. The zero-order valence-corrected chi connectivity index (χ0v) is 21.3. The predicted octanol–water partition coefficient (Wildman–Crippen LogP) is 5.50. The minimum atomic E-state index is -0.728. The van der Waals surface area contributed by atoms with Gasteiger partial charge in [0.1, 0.15) is 24.7 Å². The van der Waals surface area contributed by atoms with E-state index in [1.165, 1.54) is 0 Å². The number of rotatable bonds is 12. The fourth-order valence-corrected chi connectivity index (χ4v) is 3.72. The molecule has 4 amide bonds. The summed E-state index contributed by atoms with van der Waals surface area (Å²) in [6, 6.07) is 32.0. The average molecular weight is 527 g/mol. The van der Waals surface area contributed by atoms with Gasteiger partial charge in [0.05, 0.1) is 13.1 Å². The molecule has 0 aliphatic carbocycles. The van der Waals surface area contributed by atoms with E-state index in [9.17, 15) is 9.59 Å². The average Bonchev–Trinajstić information content (AvgIpc) is 2.95. The number of urea groups is 2. The van der Waals surface area contributed by atoms with Crippen molar-refractivity contribution in [3.8, 4) is 11.5 Å². The summed E-state index contributed by atoms with van der Waals surface area (Å²) in [4.78, 5) is 35.6. The summed E-state index contributed by atoms with van der Waals surface area (Å²) in [5.41, 5.74) is 14.3. The van der Waals surface area contributed by atoms with E-state index >= 15 is 0 Å². The third-order valence-electron chi connectivity index (χ3n) is 5.74. The Bertz CT molecular complexity index is 1260. The summed E-state index contributed by atoms with van der Waals surface area (Å²) in [5.74, 6) is 0.991. The van der Waals surface area contributed by atoms with Gasteiger partial charge in [-0.1, -0.05) is 97.1 Å². The van der Waals surface area contributed by atoms with Crippen LogP contribution in [0.4, 0.5) is 9.59 Å². The lowest BCUT2D eigenvalue weighted by Crippen LogP contribution is -2.35. The second-order valence-corrected chi connectivity index (χ2v) is 8.59. The van der Waals surface area contributed by atoms with Gasteiger partial charge in [-0.15, -0.1) is 0 Å². The van der Waals surface area contributed by atoms with Crippen molar-refractivity contribution in [2.24, 2.45) is 11.5 Å². The molecular weight excluding hydrogens is 496 g/mol. The first kappa shape index (κ1) is 27.2. The molecular formula is C30H30N4O5. The van der Waals surface area contributed by atoms with E-state index in [1.807, 2.05) is 97.1 Å². The van der Waals surface area contributed by atoms with Gasteiger partial charge in [-0.3, -0.25) is 9.68 Å². The maximum atomic E-state index is 12.1. The maximum absolute atomic E-state index is 12.1. The first-order chi connectivity index (χ1) is 19.0. The van der Waals surface area contributed by atoms with Crippen LogP contribution in [0.5, 0.6) is 11.5 Å². The number of ether oxygens (including phenoxy) is 1. The minimum absolute atomic E-state index is 0.0636. The lowest BCUT2D eigenvalue weighted by Gasteiger charge is -2.23. The Morgan fingerprint density at radius 2 is 0.897 bits per heavy atom. The standard InChI is InChI=1S/C30H30N4O5/c31-29(35)33(37-21-23-11-3-1-4-12-23)19-25-15-7-9-17-27(25)39-28-18-10-8-16-26(28)20-34(30(32)36)38-22-24-13-5-2-6-14-24/h1-18H,19-22H2,(H2,31,35)(H2,32,36). The van der Waals surface area contributed by atoms with Crippen molar-refractivity contribution in [1.82, 2.24) is 10.1 Å². The van der Waals surface area contributed by atoms with Crippen LogP contribution in [-0.2, 0) is 36.0 Å². The summed E-state index contributed by atoms with van der Waals surface area (Å²) in [6.07, 6.45) is 0. The Kier molecular flexibility index (Phi) is 9.49. The number of benzene rings is 4. The van der Waals surface area contributed by atoms with Crippen molar-refractivity contribution in [2.45, 2.75) is 26.3 Å². The van der Waals surface area contributed by atoms with E-state index in [1.54, 1.807) is 12.1 Å². The topological polar surface area (TPSA) is 120 Å². The molecule has 0 bridgehead atoms. The Labute approximate surface area is 227 Å². The summed E-state index contributed by atoms with van der Waals surface area (Å²) in [5, 5.41) is 2.18. The van der Waals surface area contributed by atoms with Gasteiger partial charge in [0.2, 0.25) is 0 Å². The summed E-state index contributed by atoms with van der Waals surface area (Å²) in [6.45, 7) is 0.491. The Morgan fingerprint density at radius 3 is 1.28 bits per heavy atom. The lowest BCUT2D eigenvalue weighted by atomic mass is 10.1. The van der Waals surface area contributed by atoms with Crippen LogP contribution in [0, 0.1) is 0 Å². The molecule has 4 N–H and O–H groups in total. The second-order valence-electron chi connectivity index (χ2n) is 8.59. The van der Waals surface area contributed by atoms with Crippen molar-refractivity contribution >= 4 is 12.1 Å². The number of amides is 4. The molecule has 9 nitrogen and oxygen atoms in total. The van der Waals surface area contributed by atoms with Gasteiger partial charge >= 0.3 is 12.1 Å². The second kappa shape index (κ2) is 13.6. The fraction of sp³-hybridized carbons (Fsp3) is 0.133. The normalized spacial score (nSPS) is 10.6. The Hall–Kier alpha value is -4.86. The van der Waals surface area contributed by atoms with Crippen LogP contribution in [0.15, 0.2) is 109 Å². The number of hydrogen-bond donors (Lipinski definition) is 2. The quantitative estimate of drug-likeness (QED) is 0.236. The van der Waals surface area contributed by atoms with Crippen molar-refractivity contribution in [1.29, 1.82) is 0 Å². The highest BCUT2D eigenvalue weighted by molar-refractivity contribution is 5.71. The van der Waals surface area contributed by atoms with Crippen molar-refractivity contribution < 1.29 is 24.0 Å². The predicted molar refractivity (Wildman–Crippen MR) is 146 cm³/mol. The first-order valence-electron chi connectivity index (χ1n) is 12.3. The van der Waals surface area contributed by atoms with Gasteiger partial charge in [0.25, 0.3) is 0 Å². The lowest BCUT2D eigenvalue weighted by molar-refractivity contribution is -0.133. The Balaban J connectivity index is 1.47. The van der Waals surface area contributed by atoms with Gasteiger partial charge in [-0.2, -0.15) is 10.1 Å². The Morgan fingerprint density at radius 1 is 0.538 bits per heavy atom. The number of nitrogens with two attached hydrogens (primary N) is 2. The smallest absolute Gasteiger partial charge is 0.339 e. The number of primary amides is 2. The molecule has 0 unspecified atom stereocenters. The molecule has 0 heterocycles. The fourth-order valence-electron chi connectivity index (χ4n) is 3.72. The van der Waals surface area contributed by atoms with Gasteiger partial charge in [0.15, 0.2) is 0 Å². The largest absolute Gasteiger partial charge is 0.457 e. The third-order valence-corrected chi connectivity index (χ3v) is 5.74. The van der Waals surface area contributed by atoms with Crippen molar-refractivity contribution in [2.75, 3.05) is 0 Å². The van der Waals surface area contributed by atoms with Crippen LogP contribution in [0.25, 0.3) is 0 Å². The molecule has 0 aliphatic rings. The van der Waals surface area contributed by atoms with Crippen LogP contribution in [-0.4, -0.2) is 22.2 Å². The van der Waals surface area contributed by atoms with Gasteiger partial charge in [-0.25, -0.2) is 9.59 Å². The van der Waals surface area contributed by atoms with Gasteiger partial charge in [-0.05, 0) is 23.3 Å². The van der Waals surface area contributed by atoms with E-state index in [2.05, 4.69) is 0 Å². The molecule has 39 heavy (non-hydrogen) atoms. The molecule has 200 valence electrons.